The number of nitrogens with two attached hydrogens (primary N) is 1. The summed E-state index contributed by atoms with van der Waals surface area (Å²) in [5, 5.41) is 6.37. The zero-order valence-electron chi connectivity index (χ0n) is 13.3. The van der Waals surface area contributed by atoms with Gasteiger partial charge in [0.05, 0.1) is 0 Å². The topological polar surface area (TPSA) is 75.9 Å². The molecule has 0 atom stereocenters. The molecule has 0 unspecified atom stereocenters. The van der Waals surface area contributed by atoms with Crippen molar-refractivity contribution in [2.75, 3.05) is 16.4 Å². The number of nitrogens with one attached hydrogen (secondary N) is 2. The Bertz CT molecular complexity index is 833. The van der Waals surface area contributed by atoms with Crippen LogP contribution in [0.15, 0.2) is 54.9 Å². The number of aryl methyl sites for hydroxylation is 1. The normalized spacial score (nSPS) is 10.4. The summed E-state index contributed by atoms with van der Waals surface area (Å²) in [5.41, 5.74) is 9.56. The molecular formula is C18H18FN5. The highest BCUT2D eigenvalue weighted by molar-refractivity contribution is 5.78. The van der Waals surface area contributed by atoms with Crippen LogP contribution >= 0.6 is 0 Å². The third-order valence-corrected chi connectivity index (χ3v) is 3.66. The van der Waals surface area contributed by atoms with E-state index in [1.807, 2.05) is 31.2 Å². The van der Waals surface area contributed by atoms with Crippen LogP contribution in [0.3, 0.4) is 0 Å². The van der Waals surface area contributed by atoms with E-state index in [0.29, 0.717) is 23.9 Å². The van der Waals surface area contributed by atoms with Crippen molar-refractivity contribution in [2.45, 2.75) is 13.5 Å². The number of hydrogen-bond acceptors (Lipinski definition) is 5. The standard InChI is InChI=1S/C18H18FN5/c1-12-4-2-3-5-15(12)24-18-16(20)17(22-11-23-18)21-10-13-6-8-14(19)9-7-13/h2-9,11H,10,20H2,1H3,(H2,21,22,23,24). The molecule has 2 aromatic carbocycles. The van der Waals surface area contributed by atoms with Gasteiger partial charge >= 0.3 is 0 Å². The first kappa shape index (κ1) is 15.7. The van der Waals surface area contributed by atoms with Crippen molar-refractivity contribution in [3.8, 4) is 0 Å². The summed E-state index contributed by atoms with van der Waals surface area (Å²) in [6, 6.07) is 14.2. The Labute approximate surface area is 139 Å². The molecule has 3 rings (SSSR count). The highest BCUT2D eigenvalue weighted by Gasteiger charge is 2.09. The lowest BCUT2D eigenvalue weighted by atomic mass is 10.2. The molecule has 1 heterocycles. The molecule has 0 aliphatic carbocycles. The molecule has 0 radical (unpaired) electrons. The highest BCUT2D eigenvalue weighted by Crippen LogP contribution is 2.27. The average Bonchev–Trinajstić information content (AvgIpc) is 2.59. The molecule has 1 aromatic heterocycles. The van der Waals surface area contributed by atoms with Crippen LogP contribution in [0.25, 0.3) is 0 Å². The lowest BCUT2D eigenvalue weighted by Crippen LogP contribution is -2.08. The van der Waals surface area contributed by atoms with Gasteiger partial charge in [0, 0.05) is 12.2 Å². The van der Waals surface area contributed by atoms with Gasteiger partial charge in [0.15, 0.2) is 11.6 Å². The minimum absolute atomic E-state index is 0.259. The van der Waals surface area contributed by atoms with Crippen LogP contribution < -0.4 is 16.4 Å². The maximum Gasteiger partial charge on any atom is 0.159 e. The molecule has 5 nitrogen and oxygen atoms in total. The first-order valence-corrected chi connectivity index (χ1v) is 7.55. The van der Waals surface area contributed by atoms with Gasteiger partial charge in [0.2, 0.25) is 0 Å². The SMILES string of the molecule is Cc1ccccc1Nc1ncnc(NCc2ccc(F)cc2)c1N. The van der Waals surface area contributed by atoms with Crippen LogP contribution in [0.4, 0.5) is 27.4 Å². The number of para-hydroxylation sites is 1. The Kier molecular flexibility index (Phi) is 4.56. The van der Waals surface area contributed by atoms with Crippen LogP contribution in [-0.2, 0) is 6.54 Å². The number of benzene rings is 2. The van der Waals surface area contributed by atoms with E-state index in [1.165, 1.54) is 18.5 Å². The van der Waals surface area contributed by atoms with Gasteiger partial charge < -0.3 is 16.4 Å². The van der Waals surface area contributed by atoms with Crippen molar-refractivity contribution in [1.29, 1.82) is 0 Å². The Morgan fingerprint density at radius 1 is 1.00 bits per heavy atom. The van der Waals surface area contributed by atoms with Crippen LogP contribution in [0.1, 0.15) is 11.1 Å². The third-order valence-electron chi connectivity index (χ3n) is 3.66. The first-order valence-electron chi connectivity index (χ1n) is 7.55. The molecule has 6 heteroatoms. The first-order chi connectivity index (χ1) is 11.6. The number of anilines is 4. The zero-order valence-corrected chi connectivity index (χ0v) is 13.3. The molecule has 3 aromatic rings. The lowest BCUT2D eigenvalue weighted by Gasteiger charge is -2.13. The van der Waals surface area contributed by atoms with Gasteiger partial charge in [-0.3, -0.25) is 0 Å². The Morgan fingerprint density at radius 3 is 2.46 bits per heavy atom. The van der Waals surface area contributed by atoms with Crippen LogP contribution in [-0.4, -0.2) is 9.97 Å². The average molecular weight is 323 g/mol. The van der Waals surface area contributed by atoms with E-state index < -0.39 is 0 Å². The van der Waals surface area contributed by atoms with Crippen molar-refractivity contribution in [3.05, 3.63) is 71.8 Å². The summed E-state index contributed by atoms with van der Waals surface area (Å²) >= 11 is 0. The van der Waals surface area contributed by atoms with E-state index in [4.69, 9.17) is 5.73 Å². The second kappa shape index (κ2) is 6.95. The maximum absolute atomic E-state index is 12.9. The quantitative estimate of drug-likeness (QED) is 0.664. The minimum atomic E-state index is -0.259. The molecule has 0 aliphatic heterocycles. The summed E-state index contributed by atoms with van der Waals surface area (Å²) in [6.45, 7) is 2.50. The Morgan fingerprint density at radius 2 is 1.71 bits per heavy atom. The summed E-state index contributed by atoms with van der Waals surface area (Å²) in [5.74, 6) is 0.816. The van der Waals surface area contributed by atoms with Crippen molar-refractivity contribution in [1.82, 2.24) is 9.97 Å². The predicted molar refractivity (Wildman–Crippen MR) is 94.6 cm³/mol. The van der Waals surface area contributed by atoms with E-state index >= 15 is 0 Å². The van der Waals surface area contributed by atoms with Crippen molar-refractivity contribution in [3.63, 3.8) is 0 Å². The molecule has 0 aliphatic rings. The largest absolute Gasteiger partial charge is 0.393 e. The van der Waals surface area contributed by atoms with Gasteiger partial charge in [-0.2, -0.15) is 0 Å². The molecule has 0 saturated carbocycles. The molecular weight excluding hydrogens is 305 g/mol. The predicted octanol–water partition coefficient (Wildman–Crippen LogP) is 3.86. The zero-order chi connectivity index (χ0) is 16.9. The summed E-state index contributed by atoms with van der Waals surface area (Å²) in [4.78, 5) is 8.38. The monoisotopic (exact) mass is 323 g/mol. The maximum atomic E-state index is 12.9. The molecule has 0 spiro atoms. The van der Waals surface area contributed by atoms with E-state index in [1.54, 1.807) is 12.1 Å². The lowest BCUT2D eigenvalue weighted by molar-refractivity contribution is 0.627. The summed E-state index contributed by atoms with van der Waals surface area (Å²) in [7, 11) is 0. The van der Waals surface area contributed by atoms with Crippen LogP contribution in [0, 0.1) is 12.7 Å². The fourth-order valence-corrected chi connectivity index (χ4v) is 2.26. The molecule has 24 heavy (non-hydrogen) atoms. The van der Waals surface area contributed by atoms with Gasteiger partial charge in [-0.15, -0.1) is 0 Å². The smallest absolute Gasteiger partial charge is 0.159 e. The second-order valence-electron chi connectivity index (χ2n) is 5.40. The summed E-state index contributed by atoms with van der Waals surface area (Å²) < 4.78 is 12.9. The van der Waals surface area contributed by atoms with Crippen LogP contribution in [0.2, 0.25) is 0 Å². The number of hydrogen-bond donors (Lipinski definition) is 3. The minimum Gasteiger partial charge on any atom is -0.393 e. The van der Waals surface area contributed by atoms with E-state index in [2.05, 4.69) is 20.6 Å². The van der Waals surface area contributed by atoms with Gasteiger partial charge in [-0.1, -0.05) is 30.3 Å². The summed E-state index contributed by atoms with van der Waals surface area (Å²) in [6.07, 6.45) is 1.45. The molecule has 4 N–H and O–H groups in total. The number of nitrogens with zero attached hydrogens (tertiary/aromatic N) is 2. The van der Waals surface area contributed by atoms with Crippen molar-refractivity contribution in [2.24, 2.45) is 0 Å². The van der Waals surface area contributed by atoms with Gasteiger partial charge in [0.1, 0.15) is 17.8 Å². The molecule has 0 fully saturated rings. The van der Waals surface area contributed by atoms with Gasteiger partial charge in [-0.25, -0.2) is 14.4 Å². The van der Waals surface area contributed by atoms with Gasteiger partial charge in [0.25, 0.3) is 0 Å². The molecule has 122 valence electrons. The number of halogens is 1. The Hall–Kier alpha value is -3.15. The fraction of sp³-hybridized carbons (Fsp3) is 0.111. The van der Waals surface area contributed by atoms with E-state index in [9.17, 15) is 4.39 Å². The van der Waals surface area contributed by atoms with E-state index in [0.717, 1.165) is 16.8 Å². The number of aromatic nitrogens is 2. The molecule has 0 bridgehead atoms. The van der Waals surface area contributed by atoms with E-state index in [-0.39, 0.29) is 5.82 Å². The molecule has 0 amide bonds. The second-order valence-corrected chi connectivity index (χ2v) is 5.40. The third kappa shape index (κ3) is 3.60. The highest BCUT2D eigenvalue weighted by atomic mass is 19.1. The number of nitrogen functional groups attached to an aromatic ring is 1. The van der Waals surface area contributed by atoms with Gasteiger partial charge in [-0.05, 0) is 36.2 Å². The van der Waals surface area contributed by atoms with Crippen molar-refractivity contribution < 1.29 is 4.39 Å². The van der Waals surface area contributed by atoms with Crippen molar-refractivity contribution >= 4 is 23.0 Å². The number of rotatable bonds is 5. The Balaban J connectivity index is 1.75. The molecule has 0 saturated heterocycles. The fourth-order valence-electron chi connectivity index (χ4n) is 2.26. The van der Waals surface area contributed by atoms with Crippen LogP contribution in [0.5, 0.6) is 0 Å².